The Labute approximate surface area is 154 Å². The lowest BCUT2D eigenvalue weighted by atomic mass is 10.2. The first-order valence-electron chi connectivity index (χ1n) is 7.90. The molecular formula is C18H19N3O2S2. The van der Waals surface area contributed by atoms with E-state index in [-0.39, 0.29) is 12.3 Å². The smallest absolute Gasteiger partial charge is 0.229 e. The fraction of sp³-hybridized carbons (Fsp3) is 0.278. The number of carbonyl (C=O) groups excluding carboxylic acids is 1. The number of methoxy groups -OCH3 is 1. The van der Waals surface area contributed by atoms with E-state index in [1.54, 1.807) is 40.9 Å². The van der Waals surface area contributed by atoms with Gasteiger partial charge in [0.05, 0.1) is 31.0 Å². The highest BCUT2D eigenvalue weighted by molar-refractivity contribution is 7.14. The first-order chi connectivity index (χ1) is 12.3. The van der Waals surface area contributed by atoms with Gasteiger partial charge in [-0.1, -0.05) is 6.07 Å². The van der Waals surface area contributed by atoms with E-state index >= 15 is 0 Å². The molecule has 0 aliphatic heterocycles. The third-order valence-electron chi connectivity index (χ3n) is 3.65. The van der Waals surface area contributed by atoms with E-state index in [0.717, 1.165) is 22.0 Å². The van der Waals surface area contributed by atoms with Gasteiger partial charge in [-0.05, 0) is 23.6 Å². The molecule has 3 heterocycles. The summed E-state index contributed by atoms with van der Waals surface area (Å²) >= 11 is 3.21. The zero-order valence-electron chi connectivity index (χ0n) is 13.9. The minimum atomic E-state index is 0.0323. The largest absolute Gasteiger partial charge is 0.383 e. The van der Waals surface area contributed by atoms with Crippen LogP contribution in [0.3, 0.4) is 0 Å². The van der Waals surface area contributed by atoms with Crippen molar-refractivity contribution in [3.8, 4) is 10.6 Å². The predicted octanol–water partition coefficient (Wildman–Crippen LogP) is 3.48. The lowest BCUT2D eigenvalue weighted by Gasteiger charge is -2.21. The van der Waals surface area contributed by atoms with Crippen LogP contribution in [0.4, 0.5) is 0 Å². The van der Waals surface area contributed by atoms with Gasteiger partial charge in [-0.15, -0.1) is 11.3 Å². The van der Waals surface area contributed by atoms with Crippen LogP contribution >= 0.6 is 22.7 Å². The van der Waals surface area contributed by atoms with Gasteiger partial charge >= 0.3 is 0 Å². The molecule has 0 fully saturated rings. The average Bonchev–Trinajstić information content (AvgIpc) is 3.31. The van der Waals surface area contributed by atoms with Crippen molar-refractivity contribution in [2.75, 3.05) is 20.3 Å². The molecule has 0 aliphatic rings. The van der Waals surface area contributed by atoms with Crippen LogP contribution in [0, 0.1) is 0 Å². The summed E-state index contributed by atoms with van der Waals surface area (Å²) in [7, 11) is 1.64. The predicted molar refractivity (Wildman–Crippen MR) is 101 cm³/mol. The summed E-state index contributed by atoms with van der Waals surface area (Å²) in [4.78, 5) is 23.4. The molecule has 5 nitrogen and oxygen atoms in total. The Hall–Kier alpha value is -2.09. The lowest BCUT2D eigenvalue weighted by Crippen LogP contribution is -2.34. The summed E-state index contributed by atoms with van der Waals surface area (Å²) in [6.07, 6.45) is 2.03. The molecule has 0 unspecified atom stereocenters. The van der Waals surface area contributed by atoms with Crippen LogP contribution in [-0.2, 0) is 22.5 Å². The number of carbonyl (C=O) groups is 1. The molecule has 0 aliphatic carbocycles. The number of hydrogen-bond acceptors (Lipinski definition) is 6. The number of ether oxygens (including phenoxy) is 1. The van der Waals surface area contributed by atoms with Crippen LogP contribution in [0.5, 0.6) is 0 Å². The number of thiazole rings is 1. The van der Waals surface area contributed by atoms with Gasteiger partial charge in [0.15, 0.2) is 0 Å². The van der Waals surface area contributed by atoms with Crippen LogP contribution in [0.25, 0.3) is 10.6 Å². The zero-order chi connectivity index (χ0) is 17.5. The summed E-state index contributed by atoms with van der Waals surface area (Å²) in [6, 6.07) is 7.76. The Morgan fingerprint density at radius 2 is 2.16 bits per heavy atom. The third kappa shape index (κ3) is 4.94. The van der Waals surface area contributed by atoms with Crippen molar-refractivity contribution < 1.29 is 9.53 Å². The van der Waals surface area contributed by atoms with Gasteiger partial charge in [-0.2, -0.15) is 11.3 Å². The lowest BCUT2D eigenvalue weighted by molar-refractivity contribution is -0.131. The van der Waals surface area contributed by atoms with Crippen molar-refractivity contribution >= 4 is 28.6 Å². The number of hydrogen-bond donors (Lipinski definition) is 0. The third-order valence-corrected chi connectivity index (χ3v) is 5.27. The molecule has 0 aromatic carbocycles. The molecule has 0 bridgehead atoms. The van der Waals surface area contributed by atoms with Gasteiger partial charge < -0.3 is 9.64 Å². The molecule has 25 heavy (non-hydrogen) atoms. The number of rotatable bonds is 8. The molecule has 3 rings (SSSR count). The molecule has 7 heteroatoms. The van der Waals surface area contributed by atoms with Crippen molar-refractivity contribution in [1.82, 2.24) is 14.9 Å². The molecule has 0 spiro atoms. The van der Waals surface area contributed by atoms with E-state index in [1.165, 1.54) is 0 Å². The summed E-state index contributed by atoms with van der Waals surface area (Å²) in [5.41, 5.74) is 2.78. The summed E-state index contributed by atoms with van der Waals surface area (Å²) in [5.74, 6) is 0.0323. The second-order valence-corrected chi connectivity index (χ2v) is 7.10. The number of amides is 1. The van der Waals surface area contributed by atoms with E-state index < -0.39 is 0 Å². The highest BCUT2D eigenvalue weighted by atomic mass is 32.1. The molecule has 1 amide bonds. The maximum Gasteiger partial charge on any atom is 0.229 e. The van der Waals surface area contributed by atoms with E-state index in [9.17, 15) is 4.79 Å². The van der Waals surface area contributed by atoms with Gasteiger partial charge in [0.25, 0.3) is 0 Å². The second-order valence-electron chi connectivity index (χ2n) is 5.46. The van der Waals surface area contributed by atoms with Gasteiger partial charge in [0.1, 0.15) is 5.01 Å². The van der Waals surface area contributed by atoms with E-state index in [2.05, 4.69) is 15.3 Å². The highest BCUT2D eigenvalue weighted by Crippen LogP contribution is 2.26. The van der Waals surface area contributed by atoms with Crippen LogP contribution in [-0.4, -0.2) is 41.0 Å². The minimum Gasteiger partial charge on any atom is -0.383 e. The number of nitrogens with zero attached hydrogens (tertiary/aromatic N) is 3. The summed E-state index contributed by atoms with van der Waals surface area (Å²) in [5, 5.41) is 7.01. The second kappa shape index (κ2) is 8.84. The van der Waals surface area contributed by atoms with Crippen molar-refractivity contribution in [3.63, 3.8) is 0 Å². The highest BCUT2D eigenvalue weighted by Gasteiger charge is 2.17. The maximum absolute atomic E-state index is 12.7. The molecule has 0 atom stereocenters. The Morgan fingerprint density at radius 3 is 2.88 bits per heavy atom. The maximum atomic E-state index is 12.7. The molecule has 130 valence electrons. The van der Waals surface area contributed by atoms with Gasteiger partial charge in [0, 0.05) is 36.2 Å². The van der Waals surface area contributed by atoms with Crippen molar-refractivity contribution in [2.45, 2.75) is 13.0 Å². The summed E-state index contributed by atoms with van der Waals surface area (Å²) in [6.45, 7) is 1.51. The molecule has 3 aromatic rings. The number of aromatic nitrogens is 2. The quantitative estimate of drug-likeness (QED) is 0.607. The molecule has 0 saturated heterocycles. The van der Waals surface area contributed by atoms with Gasteiger partial charge in [-0.3, -0.25) is 9.78 Å². The summed E-state index contributed by atoms with van der Waals surface area (Å²) < 4.78 is 5.14. The SMILES string of the molecule is COCCN(Cc1ccccn1)C(=O)Cc1csc(-c2ccsc2)n1. The van der Waals surface area contributed by atoms with Crippen molar-refractivity contribution in [3.05, 3.63) is 58.0 Å². The standard InChI is InChI=1S/C18H19N3O2S2/c1-23-8-7-21(11-15-4-2-3-6-19-15)17(22)10-16-13-25-18(20-16)14-5-9-24-12-14/h2-6,9,12-13H,7-8,10-11H2,1H3. The molecule has 0 saturated carbocycles. The Morgan fingerprint density at radius 1 is 1.24 bits per heavy atom. The van der Waals surface area contributed by atoms with Crippen LogP contribution in [0.1, 0.15) is 11.4 Å². The van der Waals surface area contributed by atoms with Crippen molar-refractivity contribution in [2.24, 2.45) is 0 Å². The zero-order valence-corrected chi connectivity index (χ0v) is 15.6. The topological polar surface area (TPSA) is 55.3 Å². The minimum absolute atomic E-state index is 0.0323. The normalized spacial score (nSPS) is 10.8. The van der Waals surface area contributed by atoms with Crippen molar-refractivity contribution in [1.29, 1.82) is 0 Å². The monoisotopic (exact) mass is 373 g/mol. The fourth-order valence-electron chi connectivity index (χ4n) is 2.35. The molecular weight excluding hydrogens is 354 g/mol. The average molecular weight is 374 g/mol. The van der Waals surface area contributed by atoms with Crippen LogP contribution < -0.4 is 0 Å². The number of thiophene rings is 1. The van der Waals surface area contributed by atoms with E-state index in [1.807, 2.05) is 35.0 Å². The van der Waals surface area contributed by atoms with E-state index in [4.69, 9.17) is 4.74 Å². The molecule has 0 radical (unpaired) electrons. The van der Waals surface area contributed by atoms with Gasteiger partial charge in [0.2, 0.25) is 5.91 Å². The number of pyridine rings is 1. The first-order valence-corrected chi connectivity index (χ1v) is 9.72. The molecule has 3 aromatic heterocycles. The van der Waals surface area contributed by atoms with Gasteiger partial charge in [-0.25, -0.2) is 4.98 Å². The Bertz CT molecular complexity index is 788. The first kappa shape index (κ1) is 17.7. The molecule has 0 N–H and O–H groups in total. The fourth-order valence-corrected chi connectivity index (χ4v) is 3.89. The van der Waals surface area contributed by atoms with E-state index in [0.29, 0.717) is 19.7 Å². The Kier molecular flexibility index (Phi) is 6.27. The van der Waals surface area contributed by atoms with Crippen LogP contribution in [0.2, 0.25) is 0 Å². The van der Waals surface area contributed by atoms with Crippen LogP contribution in [0.15, 0.2) is 46.6 Å². The Balaban J connectivity index is 1.67.